The van der Waals surface area contributed by atoms with Crippen molar-refractivity contribution in [3.05, 3.63) is 59.7 Å². The van der Waals surface area contributed by atoms with E-state index in [9.17, 15) is 14.4 Å². The summed E-state index contributed by atoms with van der Waals surface area (Å²) in [5.74, 6) is -0.999. The Morgan fingerprint density at radius 3 is 2.39 bits per heavy atom. The number of anilines is 1. The highest BCUT2D eigenvalue weighted by Gasteiger charge is 2.32. The number of hydrogen-bond acceptors (Lipinski definition) is 7. The predicted molar refractivity (Wildman–Crippen MR) is 119 cm³/mol. The molecule has 0 bridgehead atoms. The number of carboxylic acid groups (broad SMARTS) is 1. The lowest BCUT2D eigenvalue weighted by Gasteiger charge is -2.07. The van der Waals surface area contributed by atoms with Crippen LogP contribution in [0.2, 0.25) is 0 Å². The lowest BCUT2D eigenvalue weighted by molar-refractivity contribution is -0.122. The predicted octanol–water partition coefficient (Wildman–Crippen LogP) is 2.73. The molecule has 1 aliphatic heterocycles. The quantitative estimate of drug-likeness (QED) is 0.448. The highest BCUT2D eigenvalue weighted by Crippen LogP contribution is 2.23. The van der Waals surface area contributed by atoms with Gasteiger partial charge in [0.1, 0.15) is 11.0 Å². The third kappa shape index (κ3) is 5.92. The fourth-order valence-electron chi connectivity index (χ4n) is 2.67. The first kappa shape index (κ1) is 22.0. The fourth-order valence-corrected chi connectivity index (χ4v) is 3.59. The fraction of sp³-hybridized carbons (Fsp3) is 0.190. The van der Waals surface area contributed by atoms with E-state index in [-0.39, 0.29) is 23.8 Å². The van der Waals surface area contributed by atoms with Crippen molar-refractivity contribution in [2.24, 2.45) is 10.2 Å². The van der Waals surface area contributed by atoms with Gasteiger partial charge in [0.2, 0.25) is 11.8 Å². The van der Waals surface area contributed by atoms with Crippen LogP contribution in [0.5, 0.6) is 5.75 Å². The summed E-state index contributed by atoms with van der Waals surface area (Å²) in [4.78, 5) is 35.3. The van der Waals surface area contributed by atoms with Gasteiger partial charge in [-0.05, 0) is 61.0 Å². The molecule has 2 amide bonds. The van der Waals surface area contributed by atoms with E-state index >= 15 is 0 Å². The lowest BCUT2D eigenvalue weighted by atomic mass is 10.1. The molecule has 0 aliphatic carbocycles. The first-order valence-corrected chi connectivity index (χ1v) is 10.1. The Balaban J connectivity index is 1.57. The average molecular weight is 440 g/mol. The molecule has 31 heavy (non-hydrogen) atoms. The smallest absolute Gasteiger partial charge is 0.335 e. The van der Waals surface area contributed by atoms with Crippen molar-refractivity contribution < 1.29 is 24.2 Å². The molecular weight excluding hydrogens is 420 g/mol. The molecule has 1 aliphatic rings. The summed E-state index contributed by atoms with van der Waals surface area (Å²) in [7, 11) is 1.59. The molecular formula is C21H20N4O5S. The van der Waals surface area contributed by atoms with E-state index in [1.54, 1.807) is 14.0 Å². The van der Waals surface area contributed by atoms with E-state index in [4.69, 9.17) is 9.84 Å². The monoisotopic (exact) mass is 440 g/mol. The Hall–Kier alpha value is -3.66. The molecule has 2 aromatic carbocycles. The van der Waals surface area contributed by atoms with Gasteiger partial charge < -0.3 is 20.5 Å². The van der Waals surface area contributed by atoms with Gasteiger partial charge in [0.25, 0.3) is 0 Å². The number of amides is 2. The summed E-state index contributed by atoms with van der Waals surface area (Å²) >= 11 is 1.13. The molecule has 9 nitrogen and oxygen atoms in total. The second-order valence-electron chi connectivity index (χ2n) is 6.55. The van der Waals surface area contributed by atoms with Crippen LogP contribution in [-0.2, 0) is 9.59 Å². The minimum atomic E-state index is -1.05. The molecule has 0 spiro atoms. The number of hydrogen-bond donors (Lipinski definition) is 3. The van der Waals surface area contributed by atoms with E-state index in [0.717, 1.165) is 23.1 Å². The molecule has 3 rings (SSSR count). The van der Waals surface area contributed by atoms with Crippen molar-refractivity contribution in [3.8, 4) is 5.75 Å². The van der Waals surface area contributed by atoms with E-state index < -0.39 is 11.2 Å². The zero-order chi connectivity index (χ0) is 22.4. The van der Waals surface area contributed by atoms with Crippen LogP contribution in [0.4, 0.5) is 5.69 Å². The van der Waals surface area contributed by atoms with Crippen molar-refractivity contribution in [3.63, 3.8) is 0 Å². The number of nitrogens with one attached hydrogen (secondary N) is 2. The van der Waals surface area contributed by atoms with Crippen LogP contribution in [-0.4, -0.2) is 46.1 Å². The number of benzene rings is 2. The van der Waals surface area contributed by atoms with Gasteiger partial charge in [-0.3, -0.25) is 9.59 Å². The van der Waals surface area contributed by atoms with Gasteiger partial charge >= 0.3 is 5.97 Å². The first-order valence-electron chi connectivity index (χ1n) is 9.23. The number of aromatic carboxylic acids is 1. The number of carbonyl (C=O) groups excluding carboxylic acids is 2. The van der Waals surface area contributed by atoms with Crippen LogP contribution in [0, 0.1) is 0 Å². The van der Waals surface area contributed by atoms with Gasteiger partial charge in [-0.25, -0.2) is 4.79 Å². The Bertz CT molecular complexity index is 1050. The molecule has 1 fully saturated rings. The van der Waals surface area contributed by atoms with Crippen LogP contribution in [0.3, 0.4) is 0 Å². The molecule has 160 valence electrons. The maximum Gasteiger partial charge on any atom is 0.335 e. The molecule has 1 heterocycles. The Labute approximate surface area is 182 Å². The Morgan fingerprint density at radius 1 is 1.13 bits per heavy atom. The molecule has 10 heteroatoms. The van der Waals surface area contributed by atoms with Crippen molar-refractivity contribution in [1.82, 2.24) is 5.32 Å². The summed E-state index contributed by atoms with van der Waals surface area (Å²) < 4.78 is 5.12. The largest absolute Gasteiger partial charge is 0.497 e. The summed E-state index contributed by atoms with van der Waals surface area (Å²) in [5, 5.41) is 22.1. The number of amidine groups is 1. The van der Waals surface area contributed by atoms with Crippen molar-refractivity contribution in [2.45, 2.75) is 18.6 Å². The highest BCUT2D eigenvalue weighted by molar-refractivity contribution is 8.15. The minimum Gasteiger partial charge on any atom is -0.497 e. The standard InChI is InChI=1S/C21H20N4O5S/c1-12(13-5-9-16(30-2)10-6-13)24-25-21-23-19(27)17(31-21)11-18(26)22-15-7-3-14(4-8-15)20(28)29/h3-10,17H,11H2,1-2H3,(H,22,26)(H,28,29)(H,23,25,27)/b24-12+. The van der Waals surface area contributed by atoms with Gasteiger partial charge in [-0.15, -0.1) is 5.10 Å². The first-order chi connectivity index (χ1) is 14.9. The number of nitrogens with zero attached hydrogens (tertiary/aromatic N) is 2. The van der Waals surface area contributed by atoms with Crippen LogP contribution in [0.1, 0.15) is 29.3 Å². The van der Waals surface area contributed by atoms with Crippen LogP contribution >= 0.6 is 11.8 Å². The van der Waals surface area contributed by atoms with E-state index in [1.807, 2.05) is 24.3 Å². The molecule has 3 N–H and O–H groups in total. The molecule has 0 radical (unpaired) electrons. The zero-order valence-electron chi connectivity index (χ0n) is 16.8. The molecule has 2 aromatic rings. The summed E-state index contributed by atoms with van der Waals surface area (Å²) in [6.45, 7) is 1.80. The third-order valence-corrected chi connectivity index (χ3v) is 5.43. The normalized spacial score (nSPS) is 17.4. The van der Waals surface area contributed by atoms with Crippen molar-refractivity contribution >= 4 is 46.1 Å². The number of rotatable bonds is 7. The lowest BCUT2D eigenvalue weighted by Crippen LogP contribution is -2.28. The van der Waals surface area contributed by atoms with Crippen LogP contribution in [0.15, 0.2) is 58.7 Å². The number of carboxylic acids is 1. The van der Waals surface area contributed by atoms with Gasteiger partial charge in [-0.2, -0.15) is 5.10 Å². The Kier molecular flexibility index (Phi) is 7.03. The molecule has 0 saturated carbocycles. The maximum atomic E-state index is 12.2. The molecule has 1 saturated heterocycles. The maximum absolute atomic E-state index is 12.2. The van der Waals surface area contributed by atoms with Crippen LogP contribution in [0.25, 0.3) is 0 Å². The SMILES string of the molecule is COc1ccc(/C(C)=N/N=C2\NC(=O)C(CC(=O)Nc3ccc(C(=O)O)cc3)S2)cc1. The van der Waals surface area contributed by atoms with Crippen LogP contribution < -0.4 is 15.4 Å². The molecule has 1 unspecified atom stereocenters. The summed E-state index contributed by atoms with van der Waals surface area (Å²) in [5.41, 5.74) is 2.10. The van der Waals surface area contributed by atoms with Crippen molar-refractivity contribution in [2.75, 3.05) is 12.4 Å². The molecule has 0 aromatic heterocycles. The van der Waals surface area contributed by atoms with E-state index in [2.05, 4.69) is 20.8 Å². The van der Waals surface area contributed by atoms with E-state index in [1.165, 1.54) is 24.3 Å². The van der Waals surface area contributed by atoms with E-state index in [0.29, 0.717) is 16.6 Å². The number of methoxy groups -OCH3 is 1. The topological polar surface area (TPSA) is 129 Å². The van der Waals surface area contributed by atoms with Gasteiger partial charge in [0, 0.05) is 12.1 Å². The van der Waals surface area contributed by atoms with Crippen molar-refractivity contribution in [1.29, 1.82) is 0 Å². The zero-order valence-corrected chi connectivity index (χ0v) is 17.6. The van der Waals surface area contributed by atoms with Gasteiger partial charge in [-0.1, -0.05) is 11.8 Å². The molecule has 1 atom stereocenters. The average Bonchev–Trinajstić information content (AvgIpc) is 3.11. The number of thioether (sulfide) groups is 1. The second-order valence-corrected chi connectivity index (χ2v) is 7.74. The summed E-state index contributed by atoms with van der Waals surface area (Å²) in [6, 6.07) is 13.1. The van der Waals surface area contributed by atoms with Gasteiger partial charge in [0.05, 0.1) is 18.4 Å². The van der Waals surface area contributed by atoms with Gasteiger partial charge in [0.15, 0.2) is 5.17 Å². The number of ether oxygens (including phenoxy) is 1. The summed E-state index contributed by atoms with van der Waals surface area (Å²) in [6.07, 6.45) is -0.0582. The minimum absolute atomic E-state index is 0.0582. The Morgan fingerprint density at radius 2 is 1.77 bits per heavy atom. The third-order valence-electron chi connectivity index (χ3n) is 4.36. The highest BCUT2D eigenvalue weighted by atomic mass is 32.2. The second kappa shape index (κ2) is 9.90. The number of carbonyl (C=O) groups is 3.